The zero-order valence-corrected chi connectivity index (χ0v) is 6.64. The number of rotatable bonds is 3. The molecule has 1 aliphatic rings. The van der Waals surface area contributed by atoms with Crippen molar-refractivity contribution in [2.24, 2.45) is 0 Å². The summed E-state index contributed by atoms with van der Waals surface area (Å²) in [5.41, 5.74) is 0. The normalized spacial score (nSPS) is 20.9. The average molecular weight is 140 g/mol. The molecule has 0 radical (unpaired) electrons. The Balaban J connectivity index is 2.06. The van der Waals surface area contributed by atoms with Crippen LogP contribution in [0, 0.1) is 0 Å². The fraction of sp³-hybridized carbons (Fsp3) is 0.750. The van der Waals surface area contributed by atoms with Crippen LogP contribution >= 0.6 is 0 Å². The van der Waals surface area contributed by atoms with E-state index in [9.17, 15) is 0 Å². The largest absolute Gasteiger partial charge is 0.303 e. The minimum absolute atomic E-state index is 1.06. The fourth-order valence-corrected chi connectivity index (χ4v) is 1.10. The quantitative estimate of drug-likeness (QED) is 0.584. The van der Waals surface area contributed by atoms with Gasteiger partial charge in [-0.15, -0.1) is 0 Å². The van der Waals surface area contributed by atoms with Gasteiger partial charge in [0.2, 0.25) is 0 Å². The first kappa shape index (κ1) is 7.76. The van der Waals surface area contributed by atoms with Gasteiger partial charge in [0.05, 0.1) is 0 Å². The van der Waals surface area contributed by atoms with Crippen LogP contribution in [0.4, 0.5) is 0 Å². The number of nitrogens with zero attached hydrogens (tertiary/aromatic N) is 1. The Bertz CT molecular complexity index is 104. The SMILES string of the molecule is CCC=CCN1CCNC1. The Morgan fingerprint density at radius 2 is 2.40 bits per heavy atom. The molecule has 0 aromatic heterocycles. The minimum Gasteiger partial charge on any atom is -0.303 e. The van der Waals surface area contributed by atoms with Crippen molar-refractivity contribution in [2.75, 3.05) is 26.3 Å². The van der Waals surface area contributed by atoms with Crippen molar-refractivity contribution in [3.05, 3.63) is 12.2 Å². The van der Waals surface area contributed by atoms with Crippen LogP contribution < -0.4 is 5.32 Å². The first-order valence-electron chi connectivity index (χ1n) is 4.01. The summed E-state index contributed by atoms with van der Waals surface area (Å²) in [5, 5.41) is 3.29. The number of hydrogen-bond donors (Lipinski definition) is 1. The molecule has 2 heteroatoms. The summed E-state index contributed by atoms with van der Waals surface area (Å²) in [4.78, 5) is 2.40. The summed E-state index contributed by atoms with van der Waals surface area (Å²) in [7, 11) is 0. The third-order valence-electron chi connectivity index (χ3n) is 1.71. The van der Waals surface area contributed by atoms with E-state index in [-0.39, 0.29) is 0 Å². The van der Waals surface area contributed by atoms with Gasteiger partial charge in [0.25, 0.3) is 0 Å². The highest BCUT2D eigenvalue weighted by molar-refractivity contribution is 4.84. The van der Waals surface area contributed by atoms with Gasteiger partial charge in [0.15, 0.2) is 0 Å². The lowest BCUT2D eigenvalue weighted by Crippen LogP contribution is -2.21. The highest BCUT2D eigenvalue weighted by atomic mass is 15.3. The first-order chi connectivity index (χ1) is 4.93. The Hall–Kier alpha value is -0.340. The van der Waals surface area contributed by atoms with Gasteiger partial charge < -0.3 is 5.32 Å². The van der Waals surface area contributed by atoms with Crippen molar-refractivity contribution in [1.29, 1.82) is 0 Å². The molecule has 0 aliphatic carbocycles. The minimum atomic E-state index is 1.06. The second-order valence-corrected chi connectivity index (χ2v) is 2.61. The van der Waals surface area contributed by atoms with Crippen LogP contribution in [-0.4, -0.2) is 31.2 Å². The van der Waals surface area contributed by atoms with Crippen molar-refractivity contribution in [2.45, 2.75) is 13.3 Å². The van der Waals surface area contributed by atoms with Crippen LogP contribution in [0.3, 0.4) is 0 Å². The molecule has 0 amide bonds. The molecule has 10 heavy (non-hydrogen) atoms. The molecular formula is C8H16N2. The van der Waals surface area contributed by atoms with Gasteiger partial charge in [-0.2, -0.15) is 0 Å². The van der Waals surface area contributed by atoms with Crippen molar-refractivity contribution in [1.82, 2.24) is 10.2 Å². The third-order valence-corrected chi connectivity index (χ3v) is 1.71. The highest BCUT2D eigenvalue weighted by Gasteiger charge is 2.06. The van der Waals surface area contributed by atoms with E-state index in [0.29, 0.717) is 0 Å². The second-order valence-electron chi connectivity index (χ2n) is 2.61. The van der Waals surface area contributed by atoms with Crippen LogP contribution in [0.25, 0.3) is 0 Å². The Morgan fingerprint density at radius 1 is 1.50 bits per heavy atom. The van der Waals surface area contributed by atoms with Gasteiger partial charge >= 0.3 is 0 Å². The molecule has 1 N–H and O–H groups in total. The third kappa shape index (κ3) is 2.50. The summed E-state index contributed by atoms with van der Waals surface area (Å²) in [6.07, 6.45) is 5.62. The second kappa shape index (κ2) is 4.47. The van der Waals surface area contributed by atoms with E-state index in [1.54, 1.807) is 0 Å². The molecule has 1 fully saturated rings. The monoisotopic (exact) mass is 140 g/mol. The van der Waals surface area contributed by atoms with Gasteiger partial charge in [0, 0.05) is 26.3 Å². The van der Waals surface area contributed by atoms with E-state index in [2.05, 4.69) is 29.3 Å². The van der Waals surface area contributed by atoms with Crippen LogP contribution in [-0.2, 0) is 0 Å². The summed E-state index contributed by atoms with van der Waals surface area (Å²) < 4.78 is 0. The molecule has 58 valence electrons. The van der Waals surface area contributed by atoms with Gasteiger partial charge in [-0.05, 0) is 6.42 Å². The molecule has 0 saturated carbocycles. The van der Waals surface area contributed by atoms with Crippen molar-refractivity contribution in [3.8, 4) is 0 Å². The topological polar surface area (TPSA) is 15.3 Å². The molecule has 0 atom stereocenters. The number of allylic oxidation sites excluding steroid dienone is 1. The lowest BCUT2D eigenvalue weighted by atomic mass is 10.4. The zero-order chi connectivity index (χ0) is 7.23. The van der Waals surface area contributed by atoms with Crippen molar-refractivity contribution in [3.63, 3.8) is 0 Å². The molecule has 0 aromatic carbocycles. The van der Waals surface area contributed by atoms with Crippen molar-refractivity contribution < 1.29 is 0 Å². The van der Waals surface area contributed by atoms with Gasteiger partial charge in [-0.3, -0.25) is 4.90 Å². The van der Waals surface area contributed by atoms with E-state index in [0.717, 1.165) is 26.2 Å². The predicted molar refractivity (Wildman–Crippen MR) is 43.9 cm³/mol. The molecule has 1 rings (SSSR count). The summed E-state index contributed by atoms with van der Waals surface area (Å²) >= 11 is 0. The van der Waals surface area contributed by atoms with E-state index in [4.69, 9.17) is 0 Å². The van der Waals surface area contributed by atoms with E-state index < -0.39 is 0 Å². The van der Waals surface area contributed by atoms with E-state index in [1.807, 2.05) is 0 Å². The molecule has 0 spiro atoms. The Labute approximate surface area is 62.9 Å². The van der Waals surface area contributed by atoms with Crippen LogP contribution in [0.15, 0.2) is 12.2 Å². The highest BCUT2D eigenvalue weighted by Crippen LogP contribution is 1.92. The molecule has 2 nitrogen and oxygen atoms in total. The lowest BCUT2D eigenvalue weighted by Gasteiger charge is -2.08. The van der Waals surface area contributed by atoms with Gasteiger partial charge in [-0.1, -0.05) is 19.1 Å². The smallest absolute Gasteiger partial charge is 0.0484 e. The van der Waals surface area contributed by atoms with Crippen LogP contribution in [0.5, 0.6) is 0 Å². The van der Waals surface area contributed by atoms with Crippen molar-refractivity contribution >= 4 is 0 Å². The molecule has 1 aliphatic heterocycles. The molecule has 1 saturated heterocycles. The maximum absolute atomic E-state index is 3.29. The Kier molecular flexibility index (Phi) is 3.47. The fourth-order valence-electron chi connectivity index (χ4n) is 1.10. The molecule has 0 bridgehead atoms. The number of nitrogens with one attached hydrogen (secondary N) is 1. The first-order valence-corrected chi connectivity index (χ1v) is 4.01. The average Bonchev–Trinajstić information content (AvgIpc) is 2.41. The van der Waals surface area contributed by atoms with E-state index >= 15 is 0 Å². The van der Waals surface area contributed by atoms with Crippen LogP contribution in [0.2, 0.25) is 0 Å². The maximum Gasteiger partial charge on any atom is 0.0484 e. The molecule has 0 unspecified atom stereocenters. The summed E-state index contributed by atoms with van der Waals surface area (Å²) in [5.74, 6) is 0. The predicted octanol–water partition coefficient (Wildman–Crippen LogP) is 0.815. The van der Waals surface area contributed by atoms with Crippen LogP contribution in [0.1, 0.15) is 13.3 Å². The maximum atomic E-state index is 3.29. The molecule has 0 aromatic rings. The molecule has 1 heterocycles. The summed E-state index contributed by atoms with van der Waals surface area (Å²) in [6.45, 7) is 6.70. The summed E-state index contributed by atoms with van der Waals surface area (Å²) in [6, 6.07) is 0. The van der Waals surface area contributed by atoms with Gasteiger partial charge in [-0.25, -0.2) is 0 Å². The molecular weight excluding hydrogens is 124 g/mol. The zero-order valence-electron chi connectivity index (χ0n) is 6.64. The Morgan fingerprint density at radius 3 is 3.00 bits per heavy atom. The van der Waals surface area contributed by atoms with E-state index in [1.165, 1.54) is 6.54 Å². The standard InChI is InChI=1S/C8H16N2/c1-2-3-4-6-10-7-5-9-8-10/h3-4,9H,2,5-8H2,1H3. The van der Waals surface area contributed by atoms with Gasteiger partial charge in [0.1, 0.15) is 0 Å². The number of hydrogen-bond acceptors (Lipinski definition) is 2. The lowest BCUT2D eigenvalue weighted by molar-refractivity contribution is 0.372.